The van der Waals surface area contributed by atoms with E-state index in [-0.39, 0.29) is 20.4 Å². The number of nitrogens with zero attached hydrogens (tertiary/aromatic N) is 1. The summed E-state index contributed by atoms with van der Waals surface area (Å²) in [5.41, 5.74) is 5.11. The van der Waals surface area contributed by atoms with Crippen molar-refractivity contribution < 1.29 is 0 Å². The Hall–Kier alpha value is -0.550. The van der Waals surface area contributed by atoms with Gasteiger partial charge in [0.05, 0.1) is 12.5 Å². The Bertz CT molecular complexity index is 84.1. The maximum Gasteiger partial charge on any atom is 0.0640 e. The summed E-state index contributed by atoms with van der Waals surface area (Å²) in [4.78, 5) is 0. The molecule has 0 aliphatic carbocycles. The largest absolute Gasteiger partial charge is 0.325 e. The number of nitriles is 1. The van der Waals surface area contributed by atoms with E-state index in [0.717, 1.165) is 0 Å². The van der Waals surface area contributed by atoms with Crippen LogP contribution in [0.15, 0.2) is 0 Å². The molecule has 0 aromatic rings. The van der Waals surface area contributed by atoms with Crippen LogP contribution in [-0.2, 0) is 0 Å². The molecule has 0 aromatic carbocycles. The Labute approximate surface area is 58.7 Å². The van der Waals surface area contributed by atoms with Crippen LogP contribution in [0.5, 0.6) is 0 Å². The minimum atomic E-state index is -0.311. The Balaban J connectivity index is -0.000000180. The minimum absolute atomic E-state index is 0. The molecular formula is C7H18N2. The number of rotatable bonds is 1. The fourth-order valence-corrected chi connectivity index (χ4v) is 0.204. The fourth-order valence-electron chi connectivity index (χ4n) is 0.204. The van der Waals surface area contributed by atoms with Gasteiger partial charge in [0, 0.05) is 5.54 Å². The molecule has 0 spiro atoms. The van der Waals surface area contributed by atoms with Crippen LogP contribution in [0, 0.1) is 11.3 Å². The second-order valence-electron chi connectivity index (χ2n) is 2.32. The molecule has 56 valence electrons. The van der Waals surface area contributed by atoms with E-state index < -0.39 is 0 Å². The second-order valence-corrected chi connectivity index (χ2v) is 2.32. The zero-order chi connectivity index (χ0) is 5.91. The first-order valence-electron chi connectivity index (χ1n) is 2.22. The van der Waals surface area contributed by atoms with Gasteiger partial charge in [0.1, 0.15) is 0 Å². The lowest BCUT2D eigenvalue weighted by Crippen LogP contribution is -2.30. The van der Waals surface area contributed by atoms with Gasteiger partial charge in [0.15, 0.2) is 0 Å². The molecule has 2 heteroatoms. The number of hydrogen-bond acceptors (Lipinski definition) is 2. The van der Waals surface area contributed by atoms with Crippen LogP contribution in [0.1, 0.15) is 35.1 Å². The quantitative estimate of drug-likeness (QED) is 0.589. The van der Waals surface area contributed by atoms with Crippen LogP contribution in [-0.4, -0.2) is 5.54 Å². The van der Waals surface area contributed by atoms with Crippen molar-refractivity contribution in [1.82, 2.24) is 0 Å². The molecule has 0 rings (SSSR count). The standard InChI is InChI=1S/C5H10N2.2CH4/c1-5(2,7)3-4-6;;/h3,7H2,1-2H3;2*1H4. The molecule has 0 amide bonds. The molecule has 0 saturated heterocycles. The van der Waals surface area contributed by atoms with Gasteiger partial charge in [-0.3, -0.25) is 0 Å². The van der Waals surface area contributed by atoms with Crippen LogP contribution in [0.25, 0.3) is 0 Å². The van der Waals surface area contributed by atoms with Crippen molar-refractivity contribution in [2.75, 3.05) is 0 Å². The molecule has 2 N–H and O–H groups in total. The van der Waals surface area contributed by atoms with Gasteiger partial charge in [-0.05, 0) is 13.8 Å². The van der Waals surface area contributed by atoms with Gasteiger partial charge in [-0.25, -0.2) is 0 Å². The van der Waals surface area contributed by atoms with Crippen molar-refractivity contribution in [1.29, 1.82) is 5.26 Å². The third-order valence-corrected chi connectivity index (χ3v) is 0.535. The zero-order valence-electron chi connectivity index (χ0n) is 4.73. The molecule has 0 heterocycles. The van der Waals surface area contributed by atoms with Crippen molar-refractivity contribution >= 4 is 0 Å². The fraction of sp³-hybridized carbons (Fsp3) is 0.857. The average Bonchev–Trinajstić information content (AvgIpc) is 1.30. The van der Waals surface area contributed by atoms with Gasteiger partial charge in [-0.15, -0.1) is 0 Å². The maximum absolute atomic E-state index is 8.07. The summed E-state index contributed by atoms with van der Waals surface area (Å²) >= 11 is 0. The molecular weight excluding hydrogens is 112 g/mol. The van der Waals surface area contributed by atoms with Crippen LogP contribution in [0.2, 0.25) is 0 Å². The zero-order valence-corrected chi connectivity index (χ0v) is 4.73. The molecule has 0 fully saturated rings. The van der Waals surface area contributed by atoms with Gasteiger partial charge in [-0.1, -0.05) is 14.9 Å². The highest BCUT2D eigenvalue weighted by molar-refractivity contribution is 4.84. The predicted octanol–water partition coefficient (Wildman–Crippen LogP) is 1.91. The average molecular weight is 130 g/mol. The summed E-state index contributed by atoms with van der Waals surface area (Å²) in [5.74, 6) is 0. The molecule has 0 unspecified atom stereocenters. The highest BCUT2D eigenvalue weighted by atomic mass is 14.7. The van der Waals surface area contributed by atoms with Gasteiger partial charge in [0.2, 0.25) is 0 Å². The lowest BCUT2D eigenvalue weighted by atomic mass is 10.0. The van der Waals surface area contributed by atoms with E-state index >= 15 is 0 Å². The summed E-state index contributed by atoms with van der Waals surface area (Å²) in [6, 6.07) is 1.98. The summed E-state index contributed by atoms with van der Waals surface area (Å²) in [6.07, 6.45) is 0.424. The van der Waals surface area contributed by atoms with E-state index in [1.807, 2.05) is 19.9 Å². The van der Waals surface area contributed by atoms with Crippen molar-refractivity contribution in [3.63, 3.8) is 0 Å². The molecule has 0 atom stereocenters. The van der Waals surface area contributed by atoms with Crippen LogP contribution in [0.4, 0.5) is 0 Å². The van der Waals surface area contributed by atoms with E-state index in [1.54, 1.807) is 0 Å². The molecule has 9 heavy (non-hydrogen) atoms. The Kier molecular flexibility index (Phi) is 9.80. The molecule has 0 radical (unpaired) electrons. The maximum atomic E-state index is 8.07. The second kappa shape index (κ2) is 5.58. The van der Waals surface area contributed by atoms with Gasteiger partial charge < -0.3 is 5.73 Å². The summed E-state index contributed by atoms with van der Waals surface area (Å²) in [6.45, 7) is 3.66. The lowest BCUT2D eigenvalue weighted by molar-refractivity contribution is 0.533. The summed E-state index contributed by atoms with van der Waals surface area (Å²) < 4.78 is 0. The topological polar surface area (TPSA) is 49.8 Å². The highest BCUT2D eigenvalue weighted by Gasteiger charge is 2.07. The van der Waals surface area contributed by atoms with Gasteiger partial charge in [-0.2, -0.15) is 5.26 Å². The van der Waals surface area contributed by atoms with E-state index in [0.29, 0.717) is 6.42 Å². The Morgan fingerprint density at radius 3 is 1.78 bits per heavy atom. The minimum Gasteiger partial charge on any atom is -0.325 e. The van der Waals surface area contributed by atoms with Crippen LogP contribution >= 0.6 is 0 Å². The van der Waals surface area contributed by atoms with Crippen molar-refractivity contribution in [3.8, 4) is 6.07 Å². The SMILES string of the molecule is C.C.CC(C)(N)CC#N. The normalized spacial score (nSPS) is 8.22. The lowest BCUT2D eigenvalue weighted by Gasteiger charge is -2.11. The Morgan fingerprint density at radius 1 is 1.44 bits per heavy atom. The van der Waals surface area contributed by atoms with Crippen molar-refractivity contribution in [3.05, 3.63) is 0 Å². The van der Waals surface area contributed by atoms with E-state index in [1.165, 1.54) is 0 Å². The first kappa shape index (κ1) is 15.8. The molecule has 2 nitrogen and oxygen atoms in total. The monoisotopic (exact) mass is 130 g/mol. The third kappa shape index (κ3) is 18.6. The van der Waals surface area contributed by atoms with Crippen LogP contribution in [0.3, 0.4) is 0 Å². The van der Waals surface area contributed by atoms with E-state index in [9.17, 15) is 0 Å². The third-order valence-electron chi connectivity index (χ3n) is 0.535. The van der Waals surface area contributed by atoms with Gasteiger partial charge >= 0.3 is 0 Å². The molecule has 0 saturated carbocycles. The molecule has 0 aromatic heterocycles. The first-order chi connectivity index (χ1) is 3.06. The molecule has 0 aliphatic rings. The summed E-state index contributed by atoms with van der Waals surface area (Å²) in [7, 11) is 0. The van der Waals surface area contributed by atoms with E-state index in [4.69, 9.17) is 11.0 Å². The highest BCUT2D eigenvalue weighted by Crippen LogP contribution is 1.99. The van der Waals surface area contributed by atoms with Gasteiger partial charge in [0.25, 0.3) is 0 Å². The summed E-state index contributed by atoms with van der Waals surface area (Å²) in [5, 5.41) is 8.07. The smallest absolute Gasteiger partial charge is 0.0640 e. The first-order valence-corrected chi connectivity index (χ1v) is 2.22. The number of hydrogen-bond donors (Lipinski definition) is 1. The van der Waals surface area contributed by atoms with E-state index in [2.05, 4.69) is 0 Å². The number of nitrogens with two attached hydrogens (primary N) is 1. The molecule has 0 aliphatic heterocycles. The predicted molar refractivity (Wildman–Crippen MR) is 42.0 cm³/mol. The molecule has 0 bridgehead atoms. The van der Waals surface area contributed by atoms with Crippen molar-refractivity contribution in [2.45, 2.75) is 40.7 Å². The van der Waals surface area contributed by atoms with Crippen LogP contribution < -0.4 is 5.73 Å². The van der Waals surface area contributed by atoms with Crippen molar-refractivity contribution in [2.24, 2.45) is 5.73 Å². The Morgan fingerprint density at radius 2 is 1.78 bits per heavy atom.